The Bertz CT molecular complexity index is 974. The van der Waals surface area contributed by atoms with Crippen LogP contribution in [0.3, 0.4) is 0 Å². The molecule has 6 heteroatoms. The summed E-state index contributed by atoms with van der Waals surface area (Å²) in [5.41, 5.74) is 2.95. The summed E-state index contributed by atoms with van der Waals surface area (Å²) < 4.78 is 5.31. The van der Waals surface area contributed by atoms with Gasteiger partial charge in [-0.1, -0.05) is 42.5 Å². The average Bonchev–Trinajstić information content (AvgIpc) is 2.68. The van der Waals surface area contributed by atoms with Crippen LogP contribution in [-0.2, 0) is 4.79 Å². The summed E-state index contributed by atoms with van der Waals surface area (Å²) in [5, 5.41) is 16.1. The monoisotopic (exact) mass is 377 g/mol. The Labute approximate surface area is 163 Å². The molecule has 0 aliphatic carbocycles. The number of thiol groups is 1. The van der Waals surface area contributed by atoms with Gasteiger partial charge in [-0.3, -0.25) is 4.79 Å². The number of rotatable bonds is 4. The Morgan fingerprint density at radius 3 is 2.52 bits per heavy atom. The molecule has 1 atom stereocenters. The Kier molecular flexibility index (Phi) is 5.53. The highest BCUT2D eigenvalue weighted by Crippen LogP contribution is 2.39. The van der Waals surface area contributed by atoms with E-state index in [2.05, 4.69) is 29.3 Å². The fraction of sp³-hybridized carbons (Fsp3) is 0.143. The van der Waals surface area contributed by atoms with Gasteiger partial charge in [-0.05, 0) is 24.6 Å². The van der Waals surface area contributed by atoms with Gasteiger partial charge in [0, 0.05) is 11.3 Å². The maximum absolute atomic E-state index is 13.2. The third-order valence-electron chi connectivity index (χ3n) is 4.40. The minimum atomic E-state index is -0.500. The number of ether oxygens (including phenoxy) is 1. The highest BCUT2D eigenvalue weighted by Gasteiger charge is 2.33. The summed E-state index contributed by atoms with van der Waals surface area (Å²) >= 11 is 4.41. The zero-order chi connectivity index (χ0) is 19.4. The van der Waals surface area contributed by atoms with Crippen LogP contribution >= 0.6 is 12.6 Å². The number of nitriles is 1. The van der Waals surface area contributed by atoms with Crippen molar-refractivity contribution in [2.24, 2.45) is 0 Å². The van der Waals surface area contributed by atoms with Crippen molar-refractivity contribution in [1.82, 2.24) is 5.32 Å². The molecule has 3 rings (SSSR count). The molecule has 1 aliphatic heterocycles. The van der Waals surface area contributed by atoms with Gasteiger partial charge in [0.25, 0.3) is 5.91 Å². The van der Waals surface area contributed by atoms with E-state index in [4.69, 9.17) is 4.74 Å². The largest absolute Gasteiger partial charge is 0.495 e. The van der Waals surface area contributed by atoms with Crippen LogP contribution in [0.25, 0.3) is 0 Å². The van der Waals surface area contributed by atoms with Crippen molar-refractivity contribution < 1.29 is 9.53 Å². The predicted molar refractivity (Wildman–Crippen MR) is 108 cm³/mol. The van der Waals surface area contributed by atoms with E-state index in [9.17, 15) is 10.1 Å². The van der Waals surface area contributed by atoms with Gasteiger partial charge < -0.3 is 15.4 Å². The van der Waals surface area contributed by atoms with E-state index in [1.165, 1.54) is 0 Å². The van der Waals surface area contributed by atoms with Crippen LogP contribution in [0.1, 0.15) is 18.4 Å². The fourth-order valence-electron chi connectivity index (χ4n) is 3.15. The fourth-order valence-corrected chi connectivity index (χ4v) is 3.49. The first-order chi connectivity index (χ1) is 13.1. The number of para-hydroxylation sites is 2. The first-order valence-corrected chi connectivity index (χ1v) is 8.81. The van der Waals surface area contributed by atoms with Crippen LogP contribution in [0.5, 0.6) is 5.75 Å². The maximum atomic E-state index is 13.2. The lowest BCUT2D eigenvalue weighted by molar-refractivity contribution is -0.113. The third kappa shape index (κ3) is 3.69. The first kappa shape index (κ1) is 18.6. The molecule has 1 aliphatic rings. The lowest BCUT2D eigenvalue weighted by Crippen LogP contribution is -2.30. The van der Waals surface area contributed by atoms with E-state index in [1.807, 2.05) is 42.5 Å². The minimum absolute atomic E-state index is 0.299. The van der Waals surface area contributed by atoms with E-state index in [0.717, 1.165) is 5.56 Å². The molecule has 136 valence electrons. The van der Waals surface area contributed by atoms with Crippen molar-refractivity contribution in [3.05, 3.63) is 82.0 Å². The smallest absolute Gasteiger partial charge is 0.254 e. The molecule has 0 saturated carbocycles. The Morgan fingerprint density at radius 1 is 1.19 bits per heavy atom. The number of carbonyl (C=O) groups is 1. The van der Waals surface area contributed by atoms with E-state index < -0.39 is 5.92 Å². The molecule has 1 heterocycles. The molecular formula is C21H19N3O2S. The van der Waals surface area contributed by atoms with E-state index in [-0.39, 0.29) is 5.91 Å². The van der Waals surface area contributed by atoms with Crippen molar-refractivity contribution in [3.63, 3.8) is 0 Å². The van der Waals surface area contributed by atoms with E-state index in [0.29, 0.717) is 33.3 Å². The SMILES string of the molecule is COc1ccccc1NC(=O)C1=C(C)NC(S)=C(C#N)[C@@H]1c1ccccc1. The van der Waals surface area contributed by atoms with Crippen LogP contribution in [-0.4, -0.2) is 13.0 Å². The molecule has 0 radical (unpaired) electrons. The van der Waals surface area contributed by atoms with E-state index >= 15 is 0 Å². The number of methoxy groups -OCH3 is 1. The predicted octanol–water partition coefficient (Wildman–Crippen LogP) is 3.96. The zero-order valence-corrected chi connectivity index (χ0v) is 15.9. The molecule has 0 spiro atoms. The average molecular weight is 377 g/mol. The number of dihydropyridines is 1. The van der Waals surface area contributed by atoms with Gasteiger partial charge in [-0.15, -0.1) is 12.6 Å². The van der Waals surface area contributed by atoms with Crippen molar-refractivity contribution in [1.29, 1.82) is 5.26 Å². The van der Waals surface area contributed by atoms with Crippen LogP contribution in [0.15, 0.2) is 76.5 Å². The molecule has 2 aromatic carbocycles. The third-order valence-corrected chi connectivity index (χ3v) is 4.75. The van der Waals surface area contributed by atoms with Crippen LogP contribution in [0.4, 0.5) is 5.69 Å². The summed E-state index contributed by atoms with van der Waals surface area (Å²) in [6, 6.07) is 18.9. The van der Waals surface area contributed by atoms with Gasteiger partial charge in [-0.25, -0.2) is 0 Å². The molecule has 0 unspecified atom stereocenters. The van der Waals surface area contributed by atoms with Gasteiger partial charge in [0.15, 0.2) is 0 Å². The summed E-state index contributed by atoms with van der Waals surface area (Å²) in [6.07, 6.45) is 0. The Balaban J connectivity index is 2.04. The zero-order valence-electron chi connectivity index (χ0n) is 15.0. The number of nitrogens with one attached hydrogen (secondary N) is 2. The first-order valence-electron chi connectivity index (χ1n) is 8.37. The number of allylic oxidation sites excluding steroid dienone is 2. The molecular weight excluding hydrogens is 358 g/mol. The normalized spacial score (nSPS) is 16.4. The van der Waals surface area contributed by atoms with Crippen molar-refractivity contribution in [3.8, 4) is 11.8 Å². The second-order valence-electron chi connectivity index (χ2n) is 6.04. The van der Waals surface area contributed by atoms with Crippen molar-refractivity contribution in [2.75, 3.05) is 12.4 Å². The van der Waals surface area contributed by atoms with Gasteiger partial charge in [-0.2, -0.15) is 5.26 Å². The minimum Gasteiger partial charge on any atom is -0.495 e. The van der Waals surface area contributed by atoms with E-state index in [1.54, 1.807) is 26.2 Å². The van der Waals surface area contributed by atoms with Gasteiger partial charge in [0.05, 0.1) is 35.4 Å². The molecule has 0 bridgehead atoms. The van der Waals surface area contributed by atoms with Gasteiger partial charge >= 0.3 is 0 Å². The van der Waals surface area contributed by atoms with Crippen LogP contribution < -0.4 is 15.4 Å². The Hall–Kier alpha value is -3.17. The number of anilines is 1. The molecule has 5 nitrogen and oxygen atoms in total. The summed E-state index contributed by atoms with van der Waals surface area (Å²) in [5.74, 6) is -0.235. The standard InChI is InChI=1S/C21H19N3O2S/c1-13-18(20(25)24-16-10-6-7-11-17(16)26-2)19(14-8-4-3-5-9-14)15(12-22)21(27)23-13/h3-11,19,23,27H,1-2H3,(H,24,25)/t19-/m0/s1. The molecule has 27 heavy (non-hydrogen) atoms. The number of hydrogen-bond donors (Lipinski definition) is 3. The number of benzene rings is 2. The van der Waals surface area contributed by atoms with Crippen molar-refractivity contribution >= 4 is 24.2 Å². The van der Waals surface area contributed by atoms with Gasteiger partial charge in [0.2, 0.25) is 0 Å². The number of hydrogen-bond acceptors (Lipinski definition) is 5. The molecule has 2 N–H and O–H groups in total. The number of carbonyl (C=O) groups excluding carboxylic acids is 1. The maximum Gasteiger partial charge on any atom is 0.254 e. The lowest BCUT2D eigenvalue weighted by Gasteiger charge is -2.28. The van der Waals surface area contributed by atoms with Crippen molar-refractivity contribution in [2.45, 2.75) is 12.8 Å². The van der Waals surface area contributed by atoms with Crippen LogP contribution in [0, 0.1) is 11.3 Å². The highest BCUT2D eigenvalue weighted by atomic mass is 32.1. The Morgan fingerprint density at radius 2 is 1.85 bits per heavy atom. The second-order valence-corrected chi connectivity index (χ2v) is 6.48. The quantitative estimate of drug-likeness (QED) is 0.705. The molecule has 0 fully saturated rings. The lowest BCUT2D eigenvalue weighted by atomic mass is 9.82. The number of amides is 1. The molecule has 0 aromatic heterocycles. The highest BCUT2D eigenvalue weighted by molar-refractivity contribution is 7.84. The topological polar surface area (TPSA) is 74.2 Å². The van der Waals surface area contributed by atoms with Gasteiger partial charge in [0.1, 0.15) is 5.75 Å². The molecule has 1 amide bonds. The molecule has 0 saturated heterocycles. The summed E-state index contributed by atoms with van der Waals surface area (Å²) in [4.78, 5) is 13.2. The molecule has 2 aromatic rings. The number of nitrogens with zero attached hydrogens (tertiary/aromatic N) is 1. The van der Waals surface area contributed by atoms with Crippen LogP contribution in [0.2, 0.25) is 0 Å². The summed E-state index contributed by atoms with van der Waals surface area (Å²) in [7, 11) is 1.55. The summed E-state index contributed by atoms with van der Waals surface area (Å²) in [6.45, 7) is 1.80. The second kappa shape index (κ2) is 8.02.